The van der Waals surface area contributed by atoms with Gasteiger partial charge < -0.3 is 0 Å². The van der Waals surface area contributed by atoms with Crippen LogP contribution in [0.3, 0.4) is 0 Å². The lowest BCUT2D eigenvalue weighted by molar-refractivity contribution is 0.587. The molecule has 0 saturated heterocycles. The van der Waals surface area contributed by atoms with Crippen molar-refractivity contribution in [2.45, 2.75) is 4.21 Å². The van der Waals surface area contributed by atoms with Crippen molar-refractivity contribution in [2.24, 2.45) is 0 Å². The third-order valence-corrected chi connectivity index (χ3v) is 4.14. The molecular formula is C6H7ClN2O2S2. The van der Waals surface area contributed by atoms with Gasteiger partial charge in [-0.25, -0.2) is 18.1 Å². The minimum atomic E-state index is -3.45. The first-order valence-corrected chi connectivity index (χ1v) is 5.96. The van der Waals surface area contributed by atoms with E-state index in [1.807, 2.05) is 0 Å². The number of nitrogens with zero attached hydrogens (tertiary/aromatic N) is 1. The highest BCUT2D eigenvalue weighted by molar-refractivity contribution is 7.91. The van der Waals surface area contributed by atoms with Gasteiger partial charge in [-0.05, 0) is 0 Å². The maximum Gasteiger partial charge on any atom is 0.251 e. The lowest BCUT2D eigenvalue weighted by Gasteiger charge is -1.98. The normalized spacial score (nSPS) is 11.5. The fourth-order valence-corrected chi connectivity index (χ4v) is 2.94. The van der Waals surface area contributed by atoms with E-state index >= 15 is 0 Å². The van der Waals surface area contributed by atoms with Crippen LogP contribution in [0.15, 0.2) is 23.1 Å². The summed E-state index contributed by atoms with van der Waals surface area (Å²) in [7, 11) is -3.45. The Morgan fingerprint density at radius 1 is 1.77 bits per heavy atom. The Morgan fingerprint density at radius 3 is 2.92 bits per heavy atom. The lowest BCUT2D eigenvalue weighted by atomic mass is 10.7. The van der Waals surface area contributed by atoms with E-state index in [1.54, 1.807) is 0 Å². The zero-order valence-corrected chi connectivity index (χ0v) is 8.92. The highest BCUT2D eigenvalue weighted by Crippen LogP contribution is 2.21. The van der Waals surface area contributed by atoms with Gasteiger partial charge in [-0.2, -0.15) is 0 Å². The summed E-state index contributed by atoms with van der Waals surface area (Å²) in [6.45, 7) is 3.59. The summed E-state index contributed by atoms with van der Waals surface area (Å²) in [5.74, 6) is 0. The molecule has 0 aliphatic rings. The number of rotatable bonds is 4. The van der Waals surface area contributed by atoms with Crippen LogP contribution in [0.1, 0.15) is 0 Å². The van der Waals surface area contributed by atoms with Crippen molar-refractivity contribution in [2.75, 3.05) is 6.54 Å². The summed E-state index contributed by atoms with van der Waals surface area (Å²) in [6, 6.07) is 0. The minimum Gasteiger partial charge on any atom is -0.232 e. The molecule has 0 aromatic carbocycles. The molecule has 0 saturated carbocycles. The highest BCUT2D eigenvalue weighted by Gasteiger charge is 2.15. The van der Waals surface area contributed by atoms with Crippen LogP contribution in [0.4, 0.5) is 0 Å². The molecule has 1 N–H and O–H groups in total. The number of halogens is 1. The van der Waals surface area contributed by atoms with Crippen molar-refractivity contribution in [1.29, 1.82) is 0 Å². The molecule has 0 radical (unpaired) electrons. The van der Waals surface area contributed by atoms with Crippen molar-refractivity contribution < 1.29 is 8.42 Å². The molecule has 1 aromatic heterocycles. The third kappa shape index (κ3) is 2.77. The van der Waals surface area contributed by atoms with E-state index in [2.05, 4.69) is 16.3 Å². The van der Waals surface area contributed by atoms with Gasteiger partial charge in [0.1, 0.15) is 0 Å². The van der Waals surface area contributed by atoms with Crippen LogP contribution >= 0.6 is 22.9 Å². The molecule has 7 heteroatoms. The number of thiazole rings is 1. The van der Waals surface area contributed by atoms with Crippen molar-refractivity contribution in [3.05, 3.63) is 23.3 Å². The number of nitrogens with one attached hydrogen (secondary N) is 1. The molecule has 0 amide bonds. The summed E-state index contributed by atoms with van der Waals surface area (Å²) < 4.78 is 25.3. The first kappa shape index (κ1) is 10.6. The van der Waals surface area contributed by atoms with Gasteiger partial charge in [-0.1, -0.05) is 29.0 Å². The number of sulfonamides is 1. The summed E-state index contributed by atoms with van der Waals surface area (Å²) in [5, 5.41) is 0. The SMILES string of the molecule is C=CCNS(=O)(=O)c1cnc(Cl)s1. The van der Waals surface area contributed by atoms with Gasteiger partial charge in [0.25, 0.3) is 10.0 Å². The Bertz CT molecular complexity index is 399. The molecule has 72 valence electrons. The third-order valence-electron chi connectivity index (χ3n) is 1.14. The van der Waals surface area contributed by atoms with Crippen molar-refractivity contribution >= 4 is 33.0 Å². The van der Waals surface area contributed by atoms with Crippen LogP contribution in [0.5, 0.6) is 0 Å². The Morgan fingerprint density at radius 2 is 2.46 bits per heavy atom. The van der Waals surface area contributed by atoms with Gasteiger partial charge in [0, 0.05) is 6.54 Å². The van der Waals surface area contributed by atoms with Gasteiger partial charge in [-0.3, -0.25) is 0 Å². The van der Waals surface area contributed by atoms with Gasteiger partial charge in [0.05, 0.1) is 6.20 Å². The molecular weight excluding hydrogens is 232 g/mol. The maximum absolute atomic E-state index is 11.4. The fraction of sp³-hybridized carbons (Fsp3) is 0.167. The second kappa shape index (κ2) is 4.19. The standard InChI is InChI=1S/C6H7ClN2O2S2/c1-2-3-9-13(10,11)5-4-8-6(7)12-5/h2,4,9H,1,3H2. The van der Waals surface area contributed by atoms with E-state index in [0.29, 0.717) is 0 Å². The smallest absolute Gasteiger partial charge is 0.232 e. The molecule has 0 fully saturated rings. The van der Waals surface area contributed by atoms with E-state index in [-0.39, 0.29) is 15.2 Å². The largest absolute Gasteiger partial charge is 0.251 e. The molecule has 1 heterocycles. The van der Waals surface area contributed by atoms with Crippen LogP contribution in [0.2, 0.25) is 4.47 Å². The monoisotopic (exact) mass is 238 g/mol. The molecule has 0 aliphatic carbocycles. The predicted octanol–water partition coefficient (Wildman–Crippen LogP) is 1.26. The van der Waals surface area contributed by atoms with Crippen LogP contribution in [-0.2, 0) is 10.0 Å². The van der Waals surface area contributed by atoms with Gasteiger partial charge in [0.2, 0.25) is 0 Å². The maximum atomic E-state index is 11.4. The fourth-order valence-electron chi connectivity index (χ4n) is 0.603. The second-order valence-corrected chi connectivity index (χ2v) is 5.68. The molecule has 13 heavy (non-hydrogen) atoms. The zero-order chi connectivity index (χ0) is 9.90. The summed E-state index contributed by atoms with van der Waals surface area (Å²) >= 11 is 6.41. The lowest BCUT2D eigenvalue weighted by Crippen LogP contribution is -2.22. The first-order valence-electron chi connectivity index (χ1n) is 3.28. The second-order valence-electron chi connectivity index (χ2n) is 2.07. The van der Waals surface area contributed by atoms with Gasteiger partial charge in [0.15, 0.2) is 8.68 Å². The molecule has 0 unspecified atom stereocenters. The Kier molecular flexibility index (Phi) is 3.43. The molecule has 4 nitrogen and oxygen atoms in total. The molecule has 1 aromatic rings. The molecule has 0 spiro atoms. The van der Waals surface area contributed by atoms with Gasteiger partial charge in [-0.15, -0.1) is 6.58 Å². The number of hydrogen-bond acceptors (Lipinski definition) is 4. The topological polar surface area (TPSA) is 59.1 Å². The van der Waals surface area contributed by atoms with Gasteiger partial charge >= 0.3 is 0 Å². The Hall–Kier alpha value is -0.430. The van der Waals surface area contributed by atoms with E-state index in [9.17, 15) is 8.42 Å². The summed E-state index contributed by atoms with van der Waals surface area (Å²) in [6.07, 6.45) is 2.68. The van der Waals surface area contributed by atoms with E-state index < -0.39 is 10.0 Å². The predicted molar refractivity (Wildman–Crippen MR) is 52.5 cm³/mol. The zero-order valence-electron chi connectivity index (χ0n) is 6.53. The van der Waals surface area contributed by atoms with E-state index in [4.69, 9.17) is 11.6 Å². The van der Waals surface area contributed by atoms with E-state index in [0.717, 1.165) is 11.3 Å². The molecule has 0 atom stereocenters. The van der Waals surface area contributed by atoms with Crippen molar-refractivity contribution in [3.63, 3.8) is 0 Å². The highest BCUT2D eigenvalue weighted by atomic mass is 35.5. The molecule has 0 bridgehead atoms. The first-order chi connectivity index (χ1) is 6.06. The van der Waals surface area contributed by atoms with Crippen LogP contribution in [-0.4, -0.2) is 19.9 Å². The summed E-state index contributed by atoms with van der Waals surface area (Å²) in [5.41, 5.74) is 0. The van der Waals surface area contributed by atoms with Crippen LogP contribution in [0.25, 0.3) is 0 Å². The minimum absolute atomic E-state index is 0.111. The quantitative estimate of drug-likeness (QED) is 0.804. The van der Waals surface area contributed by atoms with Crippen molar-refractivity contribution in [1.82, 2.24) is 9.71 Å². The average Bonchev–Trinajstić information content (AvgIpc) is 2.49. The van der Waals surface area contributed by atoms with E-state index in [1.165, 1.54) is 12.3 Å². The van der Waals surface area contributed by atoms with Crippen LogP contribution in [0, 0.1) is 0 Å². The van der Waals surface area contributed by atoms with Crippen molar-refractivity contribution in [3.8, 4) is 0 Å². The Balaban J connectivity index is 2.87. The molecule has 0 aliphatic heterocycles. The molecule has 1 rings (SSSR count). The Labute approximate surface area is 85.3 Å². The number of aromatic nitrogens is 1. The number of hydrogen-bond donors (Lipinski definition) is 1. The average molecular weight is 239 g/mol. The van der Waals surface area contributed by atoms with Crippen LogP contribution < -0.4 is 4.72 Å². The summed E-state index contributed by atoms with van der Waals surface area (Å²) in [4.78, 5) is 3.63.